The molecule has 0 aliphatic carbocycles. The Bertz CT molecular complexity index is 1360. The monoisotopic (exact) mass is 464 g/mol. The number of fused-ring (bicyclic) bond motifs is 1. The van der Waals surface area contributed by atoms with Gasteiger partial charge in [0.1, 0.15) is 12.3 Å². The van der Waals surface area contributed by atoms with Crippen molar-refractivity contribution in [1.82, 2.24) is 34.5 Å². The third kappa shape index (κ3) is 3.93. The fourth-order valence-corrected chi connectivity index (χ4v) is 3.97. The number of pyridine rings is 1. The number of hydrogen-bond donors (Lipinski definition) is 2. The number of amides is 1. The summed E-state index contributed by atoms with van der Waals surface area (Å²) in [5.74, 6) is 2.27. The molecule has 12 heteroatoms. The second-order valence-electron chi connectivity index (χ2n) is 8.07. The summed E-state index contributed by atoms with van der Waals surface area (Å²) < 4.78 is 14.6. The van der Waals surface area contributed by atoms with Crippen molar-refractivity contribution >= 4 is 23.2 Å². The molecule has 1 unspecified atom stereocenters. The first-order valence-corrected chi connectivity index (χ1v) is 10.7. The maximum Gasteiger partial charge on any atom is 0.407 e. The Morgan fingerprint density at radius 2 is 2.12 bits per heavy atom. The minimum Gasteiger partial charge on any atom is -0.487 e. The molecule has 4 aromatic heterocycles. The molecule has 0 bridgehead atoms. The average molecular weight is 464 g/mol. The van der Waals surface area contributed by atoms with Crippen LogP contribution in [0, 0.1) is 6.92 Å². The summed E-state index contributed by atoms with van der Waals surface area (Å²) in [5, 5.41) is 29.4. The highest BCUT2D eigenvalue weighted by atomic mass is 16.5. The highest BCUT2D eigenvalue weighted by Crippen LogP contribution is 2.32. The highest BCUT2D eigenvalue weighted by molar-refractivity contribution is 5.73. The van der Waals surface area contributed by atoms with Crippen LogP contribution in [0.5, 0.6) is 11.6 Å². The number of ether oxygens (including phenoxy) is 2. The van der Waals surface area contributed by atoms with Crippen molar-refractivity contribution in [3.05, 3.63) is 42.2 Å². The van der Waals surface area contributed by atoms with Crippen LogP contribution in [-0.4, -0.2) is 72.0 Å². The molecule has 2 N–H and O–H groups in total. The number of methoxy groups -OCH3 is 1. The number of aryl methyl sites for hydroxylation is 2. The molecule has 0 spiro atoms. The SMILES string of the molecule is COc1nnc(Nc2cc3cc(-c4c(OCC5CCN5C(=O)O)cnn4C)ccn3n2)cc1C. The number of aromatic nitrogens is 6. The second-order valence-corrected chi connectivity index (χ2v) is 8.07. The Kier molecular flexibility index (Phi) is 5.40. The Hall–Kier alpha value is -4.35. The smallest absolute Gasteiger partial charge is 0.407 e. The molecule has 5 heterocycles. The van der Waals surface area contributed by atoms with Gasteiger partial charge in [-0.25, -0.2) is 9.31 Å². The first-order valence-electron chi connectivity index (χ1n) is 10.7. The molecule has 0 radical (unpaired) electrons. The molecule has 1 fully saturated rings. The van der Waals surface area contributed by atoms with E-state index < -0.39 is 6.09 Å². The van der Waals surface area contributed by atoms with Gasteiger partial charge >= 0.3 is 6.09 Å². The number of likely N-dealkylation sites (tertiary alicyclic amines) is 1. The lowest BCUT2D eigenvalue weighted by molar-refractivity contribution is 0.0501. The summed E-state index contributed by atoms with van der Waals surface area (Å²) >= 11 is 0. The van der Waals surface area contributed by atoms with Crippen LogP contribution in [0.3, 0.4) is 0 Å². The molecule has 1 amide bonds. The van der Waals surface area contributed by atoms with Crippen molar-refractivity contribution in [2.24, 2.45) is 7.05 Å². The Balaban J connectivity index is 1.36. The zero-order chi connectivity index (χ0) is 23.8. The number of rotatable bonds is 7. The fraction of sp³-hybridized carbons (Fsp3) is 0.318. The van der Waals surface area contributed by atoms with Crippen molar-refractivity contribution in [2.75, 3.05) is 25.6 Å². The molecule has 0 aromatic carbocycles. The van der Waals surface area contributed by atoms with E-state index in [0.29, 0.717) is 29.8 Å². The summed E-state index contributed by atoms with van der Waals surface area (Å²) in [5.41, 5.74) is 3.43. The van der Waals surface area contributed by atoms with Crippen molar-refractivity contribution in [1.29, 1.82) is 0 Å². The molecular weight excluding hydrogens is 440 g/mol. The van der Waals surface area contributed by atoms with Gasteiger partial charge in [0.2, 0.25) is 5.88 Å². The normalized spacial score (nSPS) is 15.3. The van der Waals surface area contributed by atoms with E-state index in [4.69, 9.17) is 9.47 Å². The molecule has 4 aromatic rings. The van der Waals surface area contributed by atoms with Crippen molar-refractivity contribution in [3.8, 4) is 22.9 Å². The molecule has 176 valence electrons. The number of nitrogens with zero attached hydrogens (tertiary/aromatic N) is 7. The van der Waals surface area contributed by atoms with Gasteiger partial charge in [0, 0.05) is 37.0 Å². The maximum absolute atomic E-state index is 11.2. The summed E-state index contributed by atoms with van der Waals surface area (Å²) in [6, 6.07) is 7.52. The molecule has 12 nitrogen and oxygen atoms in total. The van der Waals surface area contributed by atoms with Crippen LogP contribution in [0.25, 0.3) is 16.8 Å². The lowest BCUT2D eigenvalue weighted by Gasteiger charge is -2.38. The van der Waals surface area contributed by atoms with Gasteiger partial charge in [0.15, 0.2) is 17.4 Å². The topological polar surface area (TPSA) is 132 Å². The van der Waals surface area contributed by atoms with E-state index in [1.807, 2.05) is 44.4 Å². The quantitative estimate of drug-likeness (QED) is 0.424. The molecule has 34 heavy (non-hydrogen) atoms. The highest BCUT2D eigenvalue weighted by Gasteiger charge is 2.32. The predicted octanol–water partition coefficient (Wildman–Crippen LogP) is 2.72. The van der Waals surface area contributed by atoms with Crippen molar-refractivity contribution in [3.63, 3.8) is 0 Å². The van der Waals surface area contributed by atoms with E-state index in [1.54, 1.807) is 22.5 Å². The Labute approximate surface area is 194 Å². The van der Waals surface area contributed by atoms with E-state index in [1.165, 1.54) is 4.90 Å². The van der Waals surface area contributed by atoms with Gasteiger partial charge in [-0.2, -0.15) is 10.2 Å². The predicted molar refractivity (Wildman–Crippen MR) is 123 cm³/mol. The third-order valence-electron chi connectivity index (χ3n) is 5.85. The van der Waals surface area contributed by atoms with Gasteiger partial charge < -0.3 is 24.8 Å². The lowest BCUT2D eigenvalue weighted by atomic mass is 10.1. The number of nitrogens with one attached hydrogen (secondary N) is 1. The summed E-state index contributed by atoms with van der Waals surface area (Å²) in [7, 11) is 3.40. The molecule has 1 saturated heterocycles. The van der Waals surface area contributed by atoms with Crippen LogP contribution in [0.4, 0.5) is 16.4 Å². The van der Waals surface area contributed by atoms with Gasteiger partial charge in [0.25, 0.3) is 0 Å². The molecule has 1 aliphatic heterocycles. The molecule has 0 saturated carbocycles. The zero-order valence-electron chi connectivity index (χ0n) is 19.0. The zero-order valence-corrected chi connectivity index (χ0v) is 19.0. The van der Waals surface area contributed by atoms with E-state index in [-0.39, 0.29) is 12.6 Å². The van der Waals surface area contributed by atoms with Crippen molar-refractivity contribution < 1.29 is 19.4 Å². The lowest BCUT2D eigenvalue weighted by Crippen LogP contribution is -2.53. The number of carbonyl (C=O) groups is 1. The standard InChI is InChI=1S/C22H24N8O4/c1-13-8-18(25-26-21(13)33-3)24-19-10-16-9-14(4-7-30(16)27-19)20-17(11-23-28(20)2)34-12-15-5-6-29(15)22(31)32/h4,7-11,15H,5-6,12H2,1-3H3,(H,31,32)(H,24,25,27). The number of anilines is 2. The Morgan fingerprint density at radius 3 is 2.82 bits per heavy atom. The fourth-order valence-electron chi connectivity index (χ4n) is 3.97. The van der Waals surface area contributed by atoms with Crippen LogP contribution < -0.4 is 14.8 Å². The summed E-state index contributed by atoms with van der Waals surface area (Å²) in [6.07, 6.45) is 3.38. The van der Waals surface area contributed by atoms with Gasteiger partial charge in [-0.1, -0.05) is 0 Å². The first kappa shape index (κ1) is 21.5. The second kappa shape index (κ2) is 8.54. The van der Waals surface area contributed by atoms with Crippen LogP contribution in [0.15, 0.2) is 36.7 Å². The largest absolute Gasteiger partial charge is 0.487 e. The van der Waals surface area contributed by atoms with Gasteiger partial charge in [-0.15, -0.1) is 10.2 Å². The Morgan fingerprint density at radius 1 is 1.26 bits per heavy atom. The third-order valence-corrected chi connectivity index (χ3v) is 5.85. The summed E-state index contributed by atoms with van der Waals surface area (Å²) in [6.45, 7) is 2.72. The summed E-state index contributed by atoms with van der Waals surface area (Å²) in [4.78, 5) is 12.6. The minimum atomic E-state index is -0.919. The molecular formula is C22H24N8O4. The van der Waals surface area contributed by atoms with E-state index in [0.717, 1.165) is 28.8 Å². The molecule has 1 atom stereocenters. The van der Waals surface area contributed by atoms with E-state index in [9.17, 15) is 9.90 Å². The van der Waals surface area contributed by atoms with Gasteiger partial charge in [-0.3, -0.25) is 4.68 Å². The number of carboxylic acid groups (broad SMARTS) is 1. The van der Waals surface area contributed by atoms with Crippen LogP contribution in [0.1, 0.15) is 12.0 Å². The van der Waals surface area contributed by atoms with Crippen LogP contribution in [-0.2, 0) is 7.05 Å². The van der Waals surface area contributed by atoms with Crippen LogP contribution in [0.2, 0.25) is 0 Å². The average Bonchev–Trinajstić information content (AvgIpc) is 3.34. The van der Waals surface area contributed by atoms with Gasteiger partial charge in [0.05, 0.1) is 24.9 Å². The molecule has 5 rings (SSSR count). The number of hydrogen-bond acceptors (Lipinski definition) is 8. The van der Waals surface area contributed by atoms with Crippen LogP contribution >= 0.6 is 0 Å². The minimum absolute atomic E-state index is 0.138. The van der Waals surface area contributed by atoms with Gasteiger partial charge in [-0.05, 0) is 31.5 Å². The van der Waals surface area contributed by atoms with E-state index >= 15 is 0 Å². The van der Waals surface area contributed by atoms with Crippen molar-refractivity contribution in [2.45, 2.75) is 19.4 Å². The van der Waals surface area contributed by atoms with E-state index in [2.05, 4.69) is 25.7 Å². The maximum atomic E-state index is 11.2. The molecule has 1 aliphatic rings. The first-order chi connectivity index (χ1) is 16.4.